The number of nitrogens with zero attached hydrogens (tertiary/aromatic N) is 6. The topological polar surface area (TPSA) is 67.2 Å². The molecule has 1 unspecified atom stereocenters. The predicted molar refractivity (Wildman–Crippen MR) is 93.7 cm³/mol. The van der Waals surface area contributed by atoms with Gasteiger partial charge in [0.2, 0.25) is 5.91 Å². The Bertz CT molecular complexity index is 798. The molecule has 3 fully saturated rings. The first-order valence-corrected chi connectivity index (χ1v) is 9.20. The first kappa shape index (κ1) is 14.9. The van der Waals surface area contributed by atoms with E-state index >= 15 is 0 Å². The van der Waals surface area contributed by atoms with Gasteiger partial charge in [-0.25, -0.2) is 9.97 Å². The third-order valence-corrected chi connectivity index (χ3v) is 5.44. The molecule has 4 heterocycles. The fourth-order valence-electron chi connectivity index (χ4n) is 3.83. The monoisotopic (exact) mass is 338 g/mol. The van der Waals surface area contributed by atoms with Gasteiger partial charge in [-0.2, -0.15) is 5.10 Å². The quantitative estimate of drug-likeness (QED) is 0.854. The number of hydrogen-bond donors (Lipinski definition) is 0. The Morgan fingerprint density at radius 1 is 1.16 bits per heavy atom. The van der Waals surface area contributed by atoms with Crippen molar-refractivity contribution in [2.24, 2.45) is 0 Å². The van der Waals surface area contributed by atoms with Crippen LogP contribution in [0.5, 0.6) is 0 Å². The van der Waals surface area contributed by atoms with Crippen LogP contribution in [0.4, 0.5) is 11.5 Å². The van der Waals surface area contributed by atoms with Crippen molar-refractivity contribution in [3.8, 4) is 0 Å². The molecular weight excluding hydrogens is 316 g/mol. The van der Waals surface area contributed by atoms with Crippen LogP contribution in [0.3, 0.4) is 0 Å². The minimum Gasteiger partial charge on any atom is -0.354 e. The van der Waals surface area contributed by atoms with Crippen LogP contribution in [-0.2, 0) is 4.79 Å². The van der Waals surface area contributed by atoms with Gasteiger partial charge in [0.15, 0.2) is 0 Å². The Kier molecular flexibility index (Phi) is 3.46. The summed E-state index contributed by atoms with van der Waals surface area (Å²) in [7, 11) is 0. The smallest absolute Gasteiger partial charge is 0.227 e. The number of hydrogen-bond acceptors (Lipinski definition) is 5. The fraction of sp³-hybridized carbons (Fsp3) is 0.556. The summed E-state index contributed by atoms with van der Waals surface area (Å²) in [5.41, 5.74) is 0.930. The van der Waals surface area contributed by atoms with E-state index in [1.54, 1.807) is 0 Å². The maximum absolute atomic E-state index is 11.9. The van der Waals surface area contributed by atoms with Gasteiger partial charge in [0, 0.05) is 44.4 Å². The average molecular weight is 338 g/mol. The minimum absolute atomic E-state index is 0.209. The van der Waals surface area contributed by atoms with Crippen molar-refractivity contribution < 1.29 is 4.79 Å². The highest BCUT2D eigenvalue weighted by Gasteiger charge is 2.30. The number of carbonyl (C=O) groups is 1. The molecule has 130 valence electrons. The van der Waals surface area contributed by atoms with Crippen molar-refractivity contribution in [3.63, 3.8) is 0 Å². The second-order valence-electron chi connectivity index (χ2n) is 7.26. The maximum Gasteiger partial charge on any atom is 0.227 e. The van der Waals surface area contributed by atoms with E-state index in [4.69, 9.17) is 4.98 Å². The van der Waals surface area contributed by atoms with Crippen LogP contribution in [0.25, 0.3) is 0 Å². The van der Waals surface area contributed by atoms with Gasteiger partial charge >= 0.3 is 0 Å². The van der Waals surface area contributed by atoms with Crippen LogP contribution in [0.1, 0.15) is 49.9 Å². The first-order valence-electron chi connectivity index (χ1n) is 9.20. The van der Waals surface area contributed by atoms with Crippen molar-refractivity contribution >= 4 is 17.4 Å². The summed E-state index contributed by atoms with van der Waals surface area (Å²) in [5, 5.41) is 4.52. The molecule has 3 aliphatic rings. The van der Waals surface area contributed by atoms with E-state index in [2.05, 4.69) is 15.0 Å². The molecule has 1 aliphatic carbocycles. The van der Waals surface area contributed by atoms with E-state index in [-0.39, 0.29) is 5.91 Å². The van der Waals surface area contributed by atoms with E-state index in [0.717, 1.165) is 49.8 Å². The molecule has 1 atom stereocenters. The van der Waals surface area contributed by atoms with Gasteiger partial charge in [-0.3, -0.25) is 9.48 Å². The standard InChI is InChI=1S/C18H22N6O/c25-17-2-1-8-23(17)15-10-20-24(12-15)14-6-9-22(11-14)16-5-7-19-18(21-16)13-3-4-13/h5,7,10,12-14H,1-4,6,8-9,11H2. The molecule has 2 aromatic heterocycles. The van der Waals surface area contributed by atoms with E-state index in [9.17, 15) is 4.79 Å². The Hall–Kier alpha value is -2.44. The molecule has 2 aliphatic heterocycles. The zero-order valence-electron chi connectivity index (χ0n) is 14.2. The van der Waals surface area contributed by atoms with Crippen molar-refractivity contribution in [2.45, 2.75) is 44.1 Å². The second kappa shape index (κ2) is 5.82. The highest BCUT2D eigenvalue weighted by atomic mass is 16.2. The van der Waals surface area contributed by atoms with Gasteiger partial charge in [-0.15, -0.1) is 0 Å². The fourth-order valence-corrected chi connectivity index (χ4v) is 3.83. The number of rotatable bonds is 4. The Labute approximate surface area is 146 Å². The summed E-state index contributed by atoms with van der Waals surface area (Å²) in [6.45, 7) is 2.69. The van der Waals surface area contributed by atoms with Crippen LogP contribution in [0.15, 0.2) is 24.7 Å². The van der Waals surface area contributed by atoms with Crippen LogP contribution >= 0.6 is 0 Å². The molecule has 0 radical (unpaired) electrons. The molecule has 1 saturated carbocycles. The van der Waals surface area contributed by atoms with Gasteiger partial charge < -0.3 is 9.80 Å². The van der Waals surface area contributed by atoms with Crippen LogP contribution in [0.2, 0.25) is 0 Å². The normalized spacial score (nSPS) is 23.7. The van der Waals surface area contributed by atoms with Gasteiger partial charge in [0.25, 0.3) is 0 Å². The Balaban J connectivity index is 1.30. The highest BCUT2D eigenvalue weighted by Crippen LogP contribution is 2.38. The molecule has 5 rings (SSSR count). The first-order chi connectivity index (χ1) is 12.3. The van der Waals surface area contributed by atoms with E-state index < -0.39 is 0 Å². The zero-order chi connectivity index (χ0) is 16.8. The lowest BCUT2D eigenvalue weighted by molar-refractivity contribution is -0.117. The lowest BCUT2D eigenvalue weighted by Crippen LogP contribution is -2.23. The average Bonchev–Trinajstić information content (AvgIpc) is 3.01. The summed E-state index contributed by atoms with van der Waals surface area (Å²) in [6.07, 6.45) is 10.8. The van der Waals surface area contributed by atoms with E-state index in [1.807, 2.05) is 34.2 Å². The van der Waals surface area contributed by atoms with Crippen molar-refractivity contribution in [2.75, 3.05) is 29.4 Å². The molecular formula is C18H22N6O. The summed E-state index contributed by atoms with van der Waals surface area (Å²) in [4.78, 5) is 25.2. The number of aromatic nitrogens is 4. The largest absolute Gasteiger partial charge is 0.354 e. The summed E-state index contributed by atoms with van der Waals surface area (Å²) >= 11 is 0. The van der Waals surface area contributed by atoms with Crippen LogP contribution in [0, 0.1) is 0 Å². The molecule has 0 aromatic carbocycles. The lowest BCUT2D eigenvalue weighted by Gasteiger charge is -2.18. The molecule has 2 aromatic rings. The van der Waals surface area contributed by atoms with Crippen molar-refractivity contribution in [3.05, 3.63) is 30.5 Å². The second-order valence-corrected chi connectivity index (χ2v) is 7.26. The molecule has 0 bridgehead atoms. The SMILES string of the molecule is O=C1CCCN1c1cnn(C2CCN(c3ccnc(C4CC4)n3)C2)c1. The molecule has 7 heteroatoms. The van der Waals surface area contributed by atoms with E-state index in [0.29, 0.717) is 18.4 Å². The molecule has 7 nitrogen and oxygen atoms in total. The summed E-state index contributed by atoms with van der Waals surface area (Å²) in [5.74, 6) is 2.81. The highest BCUT2D eigenvalue weighted by molar-refractivity contribution is 5.95. The number of amides is 1. The molecule has 0 spiro atoms. The maximum atomic E-state index is 11.9. The third-order valence-electron chi connectivity index (χ3n) is 5.44. The van der Waals surface area contributed by atoms with Gasteiger partial charge in [-0.05, 0) is 31.7 Å². The number of anilines is 2. The predicted octanol–water partition coefficient (Wildman–Crippen LogP) is 2.13. The Morgan fingerprint density at radius 3 is 2.88 bits per heavy atom. The van der Waals surface area contributed by atoms with Gasteiger partial charge in [0.05, 0.1) is 17.9 Å². The van der Waals surface area contributed by atoms with Crippen molar-refractivity contribution in [1.29, 1.82) is 0 Å². The minimum atomic E-state index is 0.209. The van der Waals surface area contributed by atoms with Gasteiger partial charge in [0.1, 0.15) is 11.6 Å². The molecule has 25 heavy (non-hydrogen) atoms. The van der Waals surface area contributed by atoms with E-state index in [1.165, 1.54) is 12.8 Å². The van der Waals surface area contributed by atoms with Crippen LogP contribution in [-0.4, -0.2) is 45.3 Å². The molecule has 1 amide bonds. The third kappa shape index (κ3) is 2.77. The number of carbonyl (C=O) groups excluding carboxylic acids is 1. The summed E-state index contributed by atoms with van der Waals surface area (Å²) in [6, 6.07) is 2.33. The lowest BCUT2D eigenvalue weighted by atomic mass is 10.3. The molecule has 2 saturated heterocycles. The van der Waals surface area contributed by atoms with Gasteiger partial charge in [-0.1, -0.05) is 0 Å². The zero-order valence-corrected chi connectivity index (χ0v) is 14.2. The summed E-state index contributed by atoms with van der Waals surface area (Å²) < 4.78 is 2.02. The van der Waals surface area contributed by atoms with Crippen molar-refractivity contribution in [1.82, 2.24) is 19.7 Å². The molecule has 0 N–H and O–H groups in total. The van der Waals surface area contributed by atoms with Crippen LogP contribution < -0.4 is 9.80 Å². The Morgan fingerprint density at radius 2 is 2.08 bits per heavy atom.